The van der Waals surface area contributed by atoms with E-state index in [0.717, 1.165) is 33.6 Å². The summed E-state index contributed by atoms with van der Waals surface area (Å²) in [4.78, 5) is 4.18. The highest BCUT2D eigenvalue weighted by molar-refractivity contribution is 5.86. The van der Waals surface area contributed by atoms with Crippen LogP contribution in [0.2, 0.25) is 0 Å². The van der Waals surface area contributed by atoms with Gasteiger partial charge in [-0.2, -0.15) is 10.4 Å². The molecule has 1 N–H and O–H groups in total. The van der Waals surface area contributed by atoms with Gasteiger partial charge in [-0.25, -0.2) is 4.98 Å². The minimum absolute atomic E-state index is 0.263. The van der Waals surface area contributed by atoms with E-state index in [0.29, 0.717) is 17.2 Å². The first kappa shape index (κ1) is 16.2. The van der Waals surface area contributed by atoms with Gasteiger partial charge in [-0.3, -0.25) is 5.10 Å². The lowest BCUT2D eigenvalue weighted by molar-refractivity contribution is 0.354. The second-order valence-electron chi connectivity index (χ2n) is 6.74. The average Bonchev–Trinajstić information content (AvgIpc) is 3.20. The number of rotatable bonds is 3. The van der Waals surface area contributed by atoms with E-state index < -0.39 is 0 Å². The maximum absolute atomic E-state index is 8.96. The van der Waals surface area contributed by atoms with Crippen LogP contribution in [0.25, 0.3) is 22.5 Å². The van der Waals surface area contributed by atoms with Gasteiger partial charge in [0, 0.05) is 28.3 Å². The molecule has 1 aromatic carbocycles. The summed E-state index contributed by atoms with van der Waals surface area (Å²) in [5, 5.41) is 16.7. The number of methoxy groups -OCH3 is 2. The molecular formula is C20H18N4O2. The highest BCUT2D eigenvalue weighted by atomic mass is 16.5. The largest absolute Gasteiger partial charge is 0.493 e. The van der Waals surface area contributed by atoms with E-state index in [2.05, 4.69) is 29.0 Å². The lowest BCUT2D eigenvalue weighted by atomic mass is 9.81. The fourth-order valence-corrected chi connectivity index (χ4v) is 3.69. The first-order valence-electron chi connectivity index (χ1n) is 8.23. The highest BCUT2D eigenvalue weighted by Gasteiger charge is 2.41. The lowest BCUT2D eigenvalue weighted by Crippen LogP contribution is -2.16. The van der Waals surface area contributed by atoms with Gasteiger partial charge in [0.25, 0.3) is 0 Å². The molecule has 2 heterocycles. The van der Waals surface area contributed by atoms with Crippen LogP contribution < -0.4 is 9.47 Å². The molecule has 0 bridgehead atoms. The Labute approximate surface area is 151 Å². The quantitative estimate of drug-likeness (QED) is 0.782. The van der Waals surface area contributed by atoms with Crippen LogP contribution in [-0.4, -0.2) is 29.4 Å². The molecule has 0 radical (unpaired) electrons. The van der Waals surface area contributed by atoms with E-state index in [9.17, 15) is 0 Å². The number of aromatic nitrogens is 3. The number of benzene rings is 1. The van der Waals surface area contributed by atoms with Crippen LogP contribution in [0.5, 0.6) is 11.5 Å². The number of H-pyrrole nitrogens is 1. The van der Waals surface area contributed by atoms with Gasteiger partial charge in [-0.15, -0.1) is 0 Å². The Morgan fingerprint density at radius 2 is 1.85 bits per heavy atom. The predicted molar refractivity (Wildman–Crippen MR) is 97.2 cm³/mol. The van der Waals surface area contributed by atoms with Gasteiger partial charge in [0.15, 0.2) is 11.5 Å². The van der Waals surface area contributed by atoms with Crippen molar-refractivity contribution in [3.05, 3.63) is 47.3 Å². The number of hydrogen-bond donors (Lipinski definition) is 1. The van der Waals surface area contributed by atoms with Gasteiger partial charge in [-0.05, 0) is 29.8 Å². The average molecular weight is 346 g/mol. The summed E-state index contributed by atoms with van der Waals surface area (Å²) in [6, 6.07) is 9.64. The number of nitrogens with one attached hydrogen (secondary N) is 1. The van der Waals surface area contributed by atoms with Gasteiger partial charge >= 0.3 is 0 Å². The third-order valence-corrected chi connectivity index (χ3v) is 5.01. The minimum Gasteiger partial charge on any atom is -0.493 e. The highest BCUT2D eigenvalue weighted by Crippen LogP contribution is 2.53. The number of nitrogens with zero attached hydrogens (tertiary/aromatic N) is 3. The summed E-state index contributed by atoms with van der Waals surface area (Å²) >= 11 is 0. The molecule has 1 aliphatic carbocycles. The monoisotopic (exact) mass is 346 g/mol. The van der Waals surface area contributed by atoms with Crippen molar-refractivity contribution in [2.24, 2.45) is 0 Å². The number of fused-ring (bicyclic) bond motifs is 3. The van der Waals surface area contributed by atoms with Crippen molar-refractivity contribution in [2.45, 2.75) is 19.3 Å². The summed E-state index contributed by atoms with van der Waals surface area (Å²) in [6.45, 7) is 4.33. The zero-order chi connectivity index (χ0) is 18.5. The van der Waals surface area contributed by atoms with Crippen LogP contribution in [0.3, 0.4) is 0 Å². The van der Waals surface area contributed by atoms with E-state index in [1.165, 1.54) is 0 Å². The van der Waals surface area contributed by atoms with Gasteiger partial charge in [0.1, 0.15) is 11.8 Å². The molecule has 0 atom stereocenters. The van der Waals surface area contributed by atoms with Gasteiger partial charge in [-0.1, -0.05) is 13.8 Å². The number of hydrogen-bond acceptors (Lipinski definition) is 5. The molecular weight excluding hydrogens is 328 g/mol. The first-order chi connectivity index (χ1) is 12.5. The van der Waals surface area contributed by atoms with Crippen LogP contribution in [0.15, 0.2) is 30.5 Å². The Kier molecular flexibility index (Phi) is 3.48. The zero-order valence-electron chi connectivity index (χ0n) is 15.0. The number of ether oxygens (including phenoxy) is 2. The maximum Gasteiger partial charge on any atom is 0.161 e. The fraction of sp³-hybridized carbons (Fsp3) is 0.250. The summed E-state index contributed by atoms with van der Waals surface area (Å²) < 4.78 is 10.9. The molecule has 0 saturated heterocycles. The van der Waals surface area contributed by atoms with Crippen molar-refractivity contribution < 1.29 is 9.47 Å². The number of pyridine rings is 1. The van der Waals surface area contributed by atoms with Crippen molar-refractivity contribution in [3.63, 3.8) is 0 Å². The predicted octanol–water partition coefficient (Wildman–Crippen LogP) is 3.67. The molecule has 6 nitrogen and oxygen atoms in total. The molecule has 0 saturated carbocycles. The Bertz CT molecular complexity index is 1040. The van der Waals surface area contributed by atoms with E-state index in [4.69, 9.17) is 14.7 Å². The van der Waals surface area contributed by atoms with E-state index >= 15 is 0 Å². The molecule has 3 aromatic rings. The maximum atomic E-state index is 8.96. The molecule has 1 aliphatic rings. The van der Waals surface area contributed by atoms with Crippen molar-refractivity contribution in [1.82, 2.24) is 15.2 Å². The van der Waals surface area contributed by atoms with Crippen molar-refractivity contribution >= 4 is 0 Å². The molecule has 0 amide bonds. The molecule has 130 valence electrons. The lowest BCUT2D eigenvalue weighted by Gasteiger charge is -2.22. The third kappa shape index (κ3) is 2.10. The smallest absolute Gasteiger partial charge is 0.161 e. The van der Waals surface area contributed by atoms with Crippen molar-refractivity contribution in [3.8, 4) is 40.1 Å². The Morgan fingerprint density at radius 1 is 1.12 bits per heavy atom. The molecule has 0 unspecified atom stereocenters. The normalized spacial score (nSPS) is 13.7. The van der Waals surface area contributed by atoms with Crippen molar-refractivity contribution in [1.29, 1.82) is 5.26 Å². The van der Waals surface area contributed by atoms with E-state index in [1.54, 1.807) is 26.5 Å². The summed E-state index contributed by atoms with van der Waals surface area (Å²) in [7, 11) is 3.27. The Hall–Kier alpha value is -3.33. The summed E-state index contributed by atoms with van der Waals surface area (Å²) in [6.07, 6.45) is 1.69. The van der Waals surface area contributed by atoms with E-state index in [1.807, 2.05) is 24.3 Å². The molecule has 0 aliphatic heterocycles. The molecule has 2 aromatic heterocycles. The number of nitriles is 1. The van der Waals surface area contributed by atoms with Crippen LogP contribution in [0.4, 0.5) is 0 Å². The van der Waals surface area contributed by atoms with Crippen LogP contribution >= 0.6 is 0 Å². The van der Waals surface area contributed by atoms with Crippen LogP contribution in [0.1, 0.15) is 30.7 Å². The molecule has 0 spiro atoms. The van der Waals surface area contributed by atoms with Crippen LogP contribution in [-0.2, 0) is 5.41 Å². The SMILES string of the molecule is COc1cc2c(cc1OC)C(C)(C)c1c(-c3ccc(C#N)nc3)n[nH]c1-2. The second-order valence-corrected chi connectivity index (χ2v) is 6.74. The van der Waals surface area contributed by atoms with Gasteiger partial charge < -0.3 is 9.47 Å². The van der Waals surface area contributed by atoms with Crippen LogP contribution in [0, 0.1) is 11.3 Å². The minimum atomic E-state index is -0.263. The van der Waals surface area contributed by atoms with E-state index in [-0.39, 0.29) is 5.41 Å². The van der Waals surface area contributed by atoms with Gasteiger partial charge in [0.2, 0.25) is 0 Å². The van der Waals surface area contributed by atoms with Crippen molar-refractivity contribution in [2.75, 3.05) is 14.2 Å². The second kappa shape index (κ2) is 5.60. The summed E-state index contributed by atoms with van der Waals surface area (Å²) in [5.41, 5.74) is 6.14. The number of aromatic amines is 1. The molecule has 4 rings (SSSR count). The topological polar surface area (TPSA) is 83.8 Å². The third-order valence-electron chi connectivity index (χ3n) is 5.01. The molecule has 6 heteroatoms. The first-order valence-corrected chi connectivity index (χ1v) is 8.23. The fourth-order valence-electron chi connectivity index (χ4n) is 3.69. The Balaban J connectivity index is 1.92. The molecule has 0 fully saturated rings. The zero-order valence-corrected chi connectivity index (χ0v) is 15.0. The molecule has 26 heavy (non-hydrogen) atoms. The standard InChI is InChI=1S/C20H18N4O2/c1-20(2)14-8-16(26-4)15(25-3)7-13(14)19-17(20)18(23-24-19)11-5-6-12(9-21)22-10-11/h5-8,10H,1-4H3,(H,23,24). The summed E-state index contributed by atoms with van der Waals surface area (Å²) in [5.74, 6) is 1.39. The Morgan fingerprint density at radius 3 is 2.46 bits per heavy atom. The van der Waals surface area contributed by atoms with Gasteiger partial charge in [0.05, 0.1) is 25.6 Å².